The number of anilines is 1. The summed E-state index contributed by atoms with van der Waals surface area (Å²) in [5, 5.41) is 3.45. The molecule has 2 aromatic rings. The molecule has 2 heterocycles. The smallest absolute Gasteiger partial charge is 0.322 e. The number of benzene rings is 2. The topological polar surface area (TPSA) is 71.1 Å². The summed E-state index contributed by atoms with van der Waals surface area (Å²) in [7, 11) is 4.76. The highest BCUT2D eigenvalue weighted by atomic mass is 35.5. The number of methoxy groups -OCH3 is 2. The van der Waals surface area contributed by atoms with E-state index in [2.05, 4.69) is 5.32 Å². The number of nitrogens with one attached hydrogen (secondary N) is 1. The molecule has 150 valence electrons. The van der Waals surface area contributed by atoms with Gasteiger partial charge in [0.25, 0.3) is 5.91 Å². The molecular weight excluding hydrogens is 394 g/mol. The van der Waals surface area contributed by atoms with Crippen molar-refractivity contribution in [3.63, 3.8) is 0 Å². The van der Waals surface area contributed by atoms with Crippen molar-refractivity contribution in [1.29, 1.82) is 0 Å². The molecule has 0 aromatic heterocycles. The van der Waals surface area contributed by atoms with Crippen LogP contribution in [0.2, 0.25) is 5.02 Å². The third-order valence-corrected chi connectivity index (χ3v) is 5.46. The number of nitrogens with zero attached hydrogens (tertiary/aromatic N) is 2. The summed E-state index contributed by atoms with van der Waals surface area (Å²) in [4.78, 5) is 29.1. The molecule has 0 bridgehead atoms. The molecule has 0 aliphatic carbocycles. The highest BCUT2D eigenvalue weighted by molar-refractivity contribution is 6.31. The molecule has 0 radical (unpaired) electrons. The summed E-state index contributed by atoms with van der Waals surface area (Å²) in [6, 6.07) is 11.4. The number of carbonyl (C=O) groups excluding carboxylic acids is 2. The van der Waals surface area contributed by atoms with Crippen LogP contribution in [0.1, 0.15) is 11.6 Å². The van der Waals surface area contributed by atoms with Crippen LogP contribution in [0.25, 0.3) is 0 Å². The zero-order valence-corrected chi connectivity index (χ0v) is 17.0. The average Bonchev–Trinajstić information content (AvgIpc) is 3.08. The van der Waals surface area contributed by atoms with E-state index < -0.39 is 6.04 Å². The Bertz CT molecular complexity index is 1040. The van der Waals surface area contributed by atoms with Gasteiger partial charge in [-0.25, -0.2) is 4.79 Å². The zero-order chi connectivity index (χ0) is 20.7. The predicted molar refractivity (Wildman–Crippen MR) is 109 cm³/mol. The first-order valence-electron chi connectivity index (χ1n) is 9.01. The van der Waals surface area contributed by atoms with Gasteiger partial charge >= 0.3 is 6.03 Å². The number of hydrogen-bond acceptors (Lipinski definition) is 4. The molecule has 0 saturated carbocycles. The molecule has 0 saturated heterocycles. The van der Waals surface area contributed by atoms with Gasteiger partial charge in [-0.15, -0.1) is 0 Å². The van der Waals surface area contributed by atoms with Crippen molar-refractivity contribution in [2.75, 3.05) is 32.7 Å². The van der Waals surface area contributed by atoms with Gasteiger partial charge in [-0.05, 0) is 36.4 Å². The standard InChI is InChI=1S/C21H20ClN3O4/c1-24-16-11-25(13-6-4-5-12(22)9-13)20(26)18(16)19(23-21(24)27)15-10-14(28-2)7-8-17(15)29-3/h4-10,19H,11H2,1-3H3,(H,23,27). The van der Waals surface area contributed by atoms with Gasteiger partial charge in [-0.2, -0.15) is 0 Å². The van der Waals surface area contributed by atoms with Gasteiger partial charge in [-0.1, -0.05) is 17.7 Å². The van der Waals surface area contributed by atoms with Crippen molar-refractivity contribution in [2.45, 2.75) is 6.04 Å². The van der Waals surface area contributed by atoms with Crippen molar-refractivity contribution >= 4 is 29.2 Å². The third-order valence-electron chi connectivity index (χ3n) is 5.23. The number of carbonyl (C=O) groups is 2. The minimum Gasteiger partial charge on any atom is -0.497 e. The Morgan fingerprint density at radius 1 is 1.10 bits per heavy atom. The first kappa shape index (κ1) is 19.1. The maximum absolute atomic E-state index is 13.4. The molecule has 0 fully saturated rings. The van der Waals surface area contributed by atoms with Crippen molar-refractivity contribution in [1.82, 2.24) is 10.2 Å². The number of ether oxygens (including phenoxy) is 2. The van der Waals surface area contributed by atoms with Crippen molar-refractivity contribution in [3.8, 4) is 11.5 Å². The first-order valence-corrected chi connectivity index (χ1v) is 9.39. The molecule has 3 amide bonds. The van der Waals surface area contributed by atoms with E-state index in [1.165, 1.54) is 4.90 Å². The van der Waals surface area contributed by atoms with E-state index in [9.17, 15) is 9.59 Å². The Labute approximate surface area is 173 Å². The summed E-state index contributed by atoms with van der Waals surface area (Å²) in [5.74, 6) is 0.971. The lowest BCUT2D eigenvalue weighted by molar-refractivity contribution is -0.114. The van der Waals surface area contributed by atoms with Gasteiger partial charge in [0.1, 0.15) is 11.5 Å². The highest BCUT2D eigenvalue weighted by Crippen LogP contribution is 2.41. The van der Waals surface area contributed by atoms with Crippen molar-refractivity contribution in [2.24, 2.45) is 0 Å². The van der Waals surface area contributed by atoms with E-state index in [0.717, 1.165) is 0 Å². The van der Waals surface area contributed by atoms with Crippen molar-refractivity contribution in [3.05, 3.63) is 64.3 Å². The van der Waals surface area contributed by atoms with Crippen LogP contribution in [0, 0.1) is 0 Å². The predicted octanol–water partition coefficient (Wildman–Crippen LogP) is 3.35. The van der Waals surface area contributed by atoms with E-state index in [0.29, 0.717) is 39.0 Å². The largest absolute Gasteiger partial charge is 0.497 e. The fourth-order valence-electron chi connectivity index (χ4n) is 3.72. The lowest BCUT2D eigenvalue weighted by Crippen LogP contribution is -2.45. The zero-order valence-electron chi connectivity index (χ0n) is 16.2. The third kappa shape index (κ3) is 3.17. The Hall–Kier alpha value is -3.19. The second-order valence-corrected chi connectivity index (χ2v) is 7.22. The van der Waals surface area contributed by atoms with Crippen LogP contribution < -0.4 is 19.7 Å². The summed E-state index contributed by atoms with van der Waals surface area (Å²) in [5.41, 5.74) is 2.48. The summed E-state index contributed by atoms with van der Waals surface area (Å²) >= 11 is 6.11. The van der Waals surface area contributed by atoms with E-state index >= 15 is 0 Å². The molecule has 1 atom stereocenters. The minimum absolute atomic E-state index is 0.191. The summed E-state index contributed by atoms with van der Waals surface area (Å²) in [6.07, 6.45) is 0. The maximum Gasteiger partial charge on any atom is 0.322 e. The van der Waals surface area contributed by atoms with Gasteiger partial charge in [0.05, 0.1) is 38.1 Å². The van der Waals surface area contributed by atoms with E-state index in [1.54, 1.807) is 62.6 Å². The van der Waals surface area contributed by atoms with Crippen LogP contribution in [-0.2, 0) is 4.79 Å². The van der Waals surface area contributed by atoms with Gasteiger partial charge in [0.2, 0.25) is 0 Å². The maximum atomic E-state index is 13.4. The molecule has 2 aliphatic rings. The number of likely N-dealkylation sites (N-methyl/N-ethyl adjacent to an activating group) is 1. The number of urea groups is 1. The van der Waals surface area contributed by atoms with Crippen LogP contribution in [0.15, 0.2) is 53.7 Å². The average molecular weight is 414 g/mol. The first-order chi connectivity index (χ1) is 13.9. The second kappa shape index (κ2) is 7.33. The second-order valence-electron chi connectivity index (χ2n) is 6.78. The molecule has 1 unspecified atom stereocenters. The molecule has 0 spiro atoms. The number of amides is 3. The van der Waals surface area contributed by atoms with Crippen LogP contribution in [-0.4, -0.2) is 44.7 Å². The number of halogens is 1. The fourth-order valence-corrected chi connectivity index (χ4v) is 3.90. The Morgan fingerprint density at radius 3 is 2.59 bits per heavy atom. The number of rotatable bonds is 4. The monoisotopic (exact) mass is 413 g/mol. The minimum atomic E-state index is -0.657. The normalized spacial score (nSPS) is 18.7. The molecule has 1 N–H and O–H groups in total. The van der Waals surface area contributed by atoms with Crippen molar-refractivity contribution < 1.29 is 19.1 Å². The lowest BCUT2D eigenvalue weighted by Gasteiger charge is -2.31. The van der Waals surface area contributed by atoms with Gasteiger partial charge in [-0.3, -0.25) is 9.69 Å². The Balaban J connectivity index is 1.81. The Morgan fingerprint density at radius 2 is 1.90 bits per heavy atom. The molecule has 7 nitrogen and oxygen atoms in total. The fraction of sp³-hybridized carbons (Fsp3) is 0.238. The van der Waals surface area contributed by atoms with E-state index in [-0.39, 0.29) is 18.5 Å². The quantitative estimate of drug-likeness (QED) is 0.834. The number of hydrogen-bond donors (Lipinski definition) is 1. The van der Waals surface area contributed by atoms with Crippen LogP contribution in [0.4, 0.5) is 10.5 Å². The van der Waals surface area contributed by atoms with E-state index in [4.69, 9.17) is 21.1 Å². The van der Waals surface area contributed by atoms with Gasteiger partial charge < -0.3 is 19.7 Å². The van der Waals surface area contributed by atoms with Gasteiger partial charge in [0.15, 0.2) is 0 Å². The summed E-state index contributed by atoms with van der Waals surface area (Å²) in [6.45, 7) is 0.279. The molecule has 4 rings (SSSR count). The molecule has 29 heavy (non-hydrogen) atoms. The molecule has 2 aliphatic heterocycles. The molecular formula is C21H20ClN3O4. The molecule has 2 aromatic carbocycles. The van der Waals surface area contributed by atoms with Gasteiger partial charge in [0, 0.05) is 23.3 Å². The lowest BCUT2D eigenvalue weighted by atomic mass is 9.94. The summed E-state index contributed by atoms with van der Waals surface area (Å²) < 4.78 is 10.8. The highest BCUT2D eigenvalue weighted by Gasteiger charge is 2.44. The van der Waals surface area contributed by atoms with E-state index in [1.807, 2.05) is 6.07 Å². The SMILES string of the molecule is COc1ccc(OC)c(C2NC(=O)N(C)C3=C2C(=O)N(c2cccc(Cl)c2)C3)c1. The van der Waals surface area contributed by atoms with Crippen LogP contribution in [0.3, 0.4) is 0 Å². The van der Waals surface area contributed by atoms with Crippen LogP contribution >= 0.6 is 11.6 Å². The molecule has 8 heteroatoms. The Kier molecular flexibility index (Phi) is 4.84. The van der Waals surface area contributed by atoms with Crippen LogP contribution in [0.5, 0.6) is 11.5 Å².